The largest absolute Gasteiger partial charge is 0.467 e. The third-order valence-electron chi connectivity index (χ3n) is 2.41. The zero-order chi connectivity index (χ0) is 15.2. The number of methoxy groups -OCH3 is 1. The first kappa shape index (κ1) is 16.1. The second-order valence-corrected chi connectivity index (χ2v) is 5.55. The third kappa shape index (κ3) is 5.81. The summed E-state index contributed by atoms with van der Waals surface area (Å²) in [5.41, 5.74) is 0.709. The van der Waals surface area contributed by atoms with E-state index in [-0.39, 0.29) is 6.42 Å². The van der Waals surface area contributed by atoms with E-state index in [4.69, 9.17) is 4.55 Å². The van der Waals surface area contributed by atoms with Gasteiger partial charge < -0.3 is 10.1 Å². The van der Waals surface area contributed by atoms with E-state index in [9.17, 15) is 18.0 Å². The molecule has 0 aliphatic carbocycles. The van der Waals surface area contributed by atoms with Crippen molar-refractivity contribution in [1.82, 2.24) is 5.32 Å². The molecule has 0 spiro atoms. The monoisotopic (exact) mass is 301 g/mol. The molecule has 20 heavy (non-hydrogen) atoms. The lowest BCUT2D eigenvalue weighted by Crippen LogP contribution is -2.46. The van der Waals surface area contributed by atoms with Gasteiger partial charge in [-0.05, 0) is 5.56 Å². The fourth-order valence-electron chi connectivity index (χ4n) is 1.55. The minimum absolute atomic E-state index is 0.0141. The van der Waals surface area contributed by atoms with Gasteiger partial charge in [0.05, 0.1) is 13.5 Å². The molecule has 1 aromatic rings. The van der Waals surface area contributed by atoms with E-state index in [0.29, 0.717) is 5.56 Å². The van der Waals surface area contributed by atoms with Gasteiger partial charge in [0.15, 0.2) is 0 Å². The van der Waals surface area contributed by atoms with E-state index in [0.717, 1.165) is 7.11 Å². The number of esters is 1. The Morgan fingerprint density at radius 1 is 1.30 bits per heavy atom. The second kappa shape index (κ2) is 7.01. The number of ether oxygens (including phenoxy) is 1. The van der Waals surface area contributed by atoms with Crippen molar-refractivity contribution in [3.63, 3.8) is 0 Å². The van der Waals surface area contributed by atoms with Crippen molar-refractivity contribution < 1.29 is 27.3 Å². The highest BCUT2D eigenvalue weighted by molar-refractivity contribution is 7.85. The molecule has 7 nitrogen and oxygen atoms in total. The number of hydrogen-bond donors (Lipinski definition) is 2. The van der Waals surface area contributed by atoms with Crippen molar-refractivity contribution in [3.05, 3.63) is 35.9 Å². The average Bonchev–Trinajstić information content (AvgIpc) is 2.36. The molecule has 0 saturated carbocycles. The standard InChI is InChI=1S/C12H15NO6S/c1-19-12(15)10(8-20(16,17)18)13-11(14)7-9-5-3-2-4-6-9/h2-6,10H,7-8H2,1H3,(H,13,14)(H,16,17,18)/t10-/m0/s1. The highest BCUT2D eigenvalue weighted by Gasteiger charge is 2.26. The van der Waals surface area contributed by atoms with Crippen LogP contribution in [0, 0.1) is 0 Å². The molecule has 0 fully saturated rings. The van der Waals surface area contributed by atoms with Crippen molar-refractivity contribution in [3.8, 4) is 0 Å². The van der Waals surface area contributed by atoms with Crippen molar-refractivity contribution in [2.45, 2.75) is 12.5 Å². The van der Waals surface area contributed by atoms with E-state index in [1.165, 1.54) is 0 Å². The Bertz CT molecular complexity index is 569. The lowest BCUT2D eigenvalue weighted by molar-refractivity contribution is -0.144. The zero-order valence-corrected chi connectivity index (χ0v) is 11.6. The molecule has 8 heteroatoms. The van der Waals surface area contributed by atoms with Crippen LogP contribution in [0.25, 0.3) is 0 Å². The van der Waals surface area contributed by atoms with Gasteiger partial charge >= 0.3 is 5.97 Å². The summed E-state index contributed by atoms with van der Waals surface area (Å²) in [6.45, 7) is 0. The molecule has 1 amide bonds. The molecule has 1 aromatic carbocycles. The Labute approximate surface area is 116 Å². The molecular formula is C12H15NO6S. The van der Waals surface area contributed by atoms with Crippen LogP contribution < -0.4 is 5.32 Å². The third-order valence-corrected chi connectivity index (χ3v) is 3.16. The topological polar surface area (TPSA) is 110 Å². The van der Waals surface area contributed by atoms with Crippen molar-refractivity contribution in [2.24, 2.45) is 0 Å². The molecule has 1 atom stereocenters. The minimum Gasteiger partial charge on any atom is -0.467 e. The predicted octanol–water partition coefficient (Wildman–Crippen LogP) is -0.225. The minimum atomic E-state index is -4.41. The van der Waals surface area contributed by atoms with Crippen LogP contribution in [0.2, 0.25) is 0 Å². The summed E-state index contributed by atoms with van der Waals surface area (Å²) in [7, 11) is -3.35. The van der Waals surface area contributed by atoms with Gasteiger partial charge in [-0.15, -0.1) is 0 Å². The number of hydrogen-bond acceptors (Lipinski definition) is 5. The highest BCUT2D eigenvalue weighted by atomic mass is 32.2. The summed E-state index contributed by atoms with van der Waals surface area (Å²) < 4.78 is 34.7. The molecule has 2 N–H and O–H groups in total. The quantitative estimate of drug-likeness (QED) is 0.555. The Kier molecular flexibility index (Phi) is 5.66. The molecule has 0 heterocycles. The van der Waals surface area contributed by atoms with Crippen LogP contribution in [0.5, 0.6) is 0 Å². The first-order chi connectivity index (χ1) is 9.31. The Morgan fingerprint density at radius 2 is 1.90 bits per heavy atom. The van der Waals surface area contributed by atoms with Crippen LogP contribution >= 0.6 is 0 Å². The van der Waals surface area contributed by atoms with E-state index >= 15 is 0 Å². The van der Waals surface area contributed by atoms with Crippen LogP contribution in [0.4, 0.5) is 0 Å². The number of rotatable bonds is 6. The molecular weight excluding hydrogens is 286 g/mol. The number of amides is 1. The summed E-state index contributed by atoms with van der Waals surface area (Å²) >= 11 is 0. The van der Waals surface area contributed by atoms with Gasteiger partial charge in [0.25, 0.3) is 10.1 Å². The number of carbonyl (C=O) groups is 2. The number of benzene rings is 1. The molecule has 0 aromatic heterocycles. The van der Waals surface area contributed by atoms with Crippen LogP contribution in [0.1, 0.15) is 5.56 Å². The van der Waals surface area contributed by atoms with Gasteiger partial charge in [-0.2, -0.15) is 8.42 Å². The number of nitrogens with one attached hydrogen (secondary N) is 1. The summed E-state index contributed by atoms with van der Waals surface area (Å²) in [6.07, 6.45) is -0.0141. The summed E-state index contributed by atoms with van der Waals surface area (Å²) in [4.78, 5) is 23.1. The molecule has 1 rings (SSSR count). The van der Waals surface area contributed by atoms with Gasteiger partial charge in [0, 0.05) is 0 Å². The predicted molar refractivity (Wildman–Crippen MR) is 70.5 cm³/mol. The van der Waals surface area contributed by atoms with Crippen molar-refractivity contribution in [1.29, 1.82) is 0 Å². The molecule has 0 bridgehead atoms. The maximum atomic E-state index is 11.7. The van der Waals surface area contributed by atoms with Gasteiger partial charge in [0.1, 0.15) is 11.8 Å². The van der Waals surface area contributed by atoms with E-state index in [1.807, 2.05) is 0 Å². The first-order valence-electron chi connectivity index (χ1n) is 5.68. The summed E-state index contributed by atoms with van der Waals surface area (Å²) in [6, 6.07) is 7.28. The second-order valence-electron chi connectivity index (χ2n) is 4.05. The lowest BCUT2D eigenvalue weighted by atomic mass is 10.1. The molecule has 0 aliphatic rings. The van der Waals surface area contributed by atoms with Crippen LogP contribution in [-0.4, -0.2) is 43.8 Å². The van der Waals surface area contributed by atoms with Gasteiger partial charge in [-0.1, -0.05) is 30.3 Å². The lowest BCUT2D eigenvalue weighted by Gasteiger charge is -2.15. The van der Waals surface area contributed by atoms with E-state index in [2.05, 4.69) is 10.1 Å². The summed E-state index contributed by atoms with van der Waals surface area (Å²) in [5.74, 6) is -2.42. The van der Waals surface area contributed by atoms with E-state index < -0.39 is 33.8 Å². The van der Waals surface area contributed by atoms with Gasteiger partial charge in [0.2, 0.25) is 5.91 Å². The fraction of sp³-hybridized carbons (Fsp3) is 0.333. The fourth-order valence-corrected chi connectivity index (χ4v) is 2.19. The Balaban J connectivity index is 2.70. The summed E-state index contributed by atoms with van der Waals surface area (Å²) in [5, 5.41) is 2.22. The number of carbonyl (C=O) groups excluding carboxylic acids is 2. The molecule has 0 saturated heterocycles. The molecule has 0 unspecified atom stereocenters. The van der Waals surface area contributed by atoms with Crippen LogP contribution in [0.15, 0.2) is 30.3 Å². The van der Waals surface area contributed by atoms with Gasteiger partial charge in [-0.25, -0.2) is 4.79 Å². The average molecular weight is 301 g/mol. The highest BCUT2D eigenvalue weighted by Crippen LogP contribution is 2.01. The molecule has 0 radical (unpaired) electrons. The molecule has 110 valence electrons. The first-order valence-corrected chi connectivity index (χ1v) is 7.29. The normalized spacial score (nSPS) is 12.5. The van der Waals surface area contributed by atoms with E-state index in [1.54, 1.807) is 30.3 Å². The maximum Gasteiger partial charge on any atom is 0.329 e. The Hall–Kier alpha value is -1.93. The SMILES string of the molecule is COC(=O)[C@H](CS(=O)(=O)O)NC(=O)Cc1ccccc1. The zero-order valence-electron chi connectivity index (χ0n) is 10.8. The van der Waals surface area contributed by atoms with Crippen LogP contribution in [0.3, 0.4) is 0 Å². The van der Waals surface area contributed by atoms with Crippen molar-refractivity contribution in [2.75, 3.05) is 12.9 Å². The maximum absolute atomic E-state index is 11.7. The van der Waals surface area contributed by atoms with Crippen LogP contribution in [-0.2, 0) is 30.9 Å². The smallest absolute Gasteiger partial charge is 0.329 e. The molecule has 0 aliphatic heterocycles. The Morgan fingerprint density at radius 3 is 2.40 bits per heavy atom. The van der Waals surface area contributed by atoms with Crippen molar-refractivity contribution >= 4 is 22.0 Å². The van der Waals surface area contributed by atoms with Gasteiger partial charge in [-0.3, -0.25) is 9.35 Å².